The molecule has 0 saturated heterocycles. The Morgan fingerprint density at radius 3 is 2.77 bits per heavy atom. The van der Waals surface area contributed by atoms with E-state index in [2.05, 4.69) is 15.9 Å². The van der Waals surface area contributed by atoms with Gasteiger partial charge >= 0.3 is 0 Å². The van der Waals surface area contributed by atoms with Gasteiger partial charge in [0.25, 0.3) is 0 Å². The van der Waals surface area contributed by atoms with Gasteiger partial charge in [0.2, 0.25) is 0 Å². The molecule has 0 aromatic heterocycles. The summed E-state index contributed by atoms with van der Waals surface area (Å²) in [6.45, 7) is 2.32. The number of methoxy groups -OCH3 is 1. The molecule has 0 spiro atoms. The number of rotatable bonds is 4. The lowest BCUT2D eigenvalue weighted by atomic mass is 10.1. The topological polar surface area (TPSA) is 18.5 Å². The first kappa shape index (κ1) is 10.5. The number of hydrogen-bond donors (Lipinski definition) is 0. The van der Waals surface area contributed by atoms with Crippen LogP contribution in [0.2, 0.25) is 0 Å². The Kier molecular flexibility index (Phi) is 4.25. The van der Waals surface area contributed by atoms with Gasteiger partial charge < -0.3 is 9.47 Å². The van der Waals surface area contributed by atoms with Gasteiger partial charge in [-0.05, 0) is 12.5 Å². The van der Waals surface area contributed by atoms with E-state index in [-0.39, 0.29) is 0 Å². The number of aryl methyl sites for hydroxylation is 1. The van der Waals surface area contributed by atoms with E-state index in [9.17, 15) is 0 Å². The fourth-order valence-electron chi connectivity index (χ4n) is 1.14. The Balaban J connectivity index is 2.87. The summed E-state index contributed by atoms with van der Waals surface area (Å²) < 4.78 is 10.3. The minimum Gasteiger partial charge on any atom is -0.467 e. The molecule has 0 fully saturated rings. The van der Waals surface area contributed by atoms with Crippen LogP contribution in [0.15, 0.2) is 18.2 Å². The number of ether oxygens (including phenoxy) is 2. The number of alkyl halides is 1. The third-order valence-electron chi connectivity index (χ3n) is 1.76. The van der Waals surface area contributed by atoms with Crippen molar-refractivity contribution in [2.45, 2.75) is 12.3 Å². The van der Waals surface area contributed by atoms with Crippen LogP contribution in [0.1, 0.15) is 11.1 Å². The molecule has 2 nitrogen and oxygen atoms in total. The Hall–Kier alpha value is -0.540. The lowest BCUT2D eigenvalue weighted by Gasteiger charge is -2.11. The molecule has 1 aromatic carbocycles. The van der Waals surface area contributed by atoms with Crippen molar-refractivity contribution in [2.24, 2.45) is 0 Å². The Morgan fingerprint density at radius 1 is 1.38 bits per heavy atom. The average molecular weight is 245 g/mol. The van der Waals surface area contributed by atoms with Gasteiger partial charge in [0.15, 0.2) is 6.79 Å². The smallest absolute Gasteiger partial charge is 0.188 e. The van der Waals surface area contributed by atoms with Crippen molar-refractivity contribution in [2.75, 3.05) is 13.9 Å². The van der Waals surface area contributed by atoms with Crippen molar-refractivity contribution in [3.63, 3.8) is 0 Å². The standard InChI is InChI=1S/C10H13BrO2/c1-8-4-3-5-9(6-11)10(8)13-7-12-2/h3-5H,6-7H2,1-2H3. The lowest BCUT2D eigenvalue weighted by Crippen LogP contribution is -2.02. The SMILES string of the molecule is COCOc1c(C)cccc1CBr. The van der Waals surface area contributed by atoms with Crippen molar-refractivity contribution in [1.82, 2.24) is 0 Å². The molecule has 0 aliphatic heterocycles. The zero-order valence-corrected chi connectivity index (χ0v) is 9.43. The van der Waals surface area contributed by atoms with Crippen LogP contribution in [0.25, 0.3) is 0 Å². The summed E-state index contributed by atoms with van der Waals surface area (Å²) in [6.07, 6.45) is 0. The first-order valence-electron chi connectivity index (χ1n) is 4.05. The Bertz CT molecular complexity index is 274. The molecule has 0 radical (unpaired) electrons. The van der Waals surface area contributed by atoms with Crippen LogP contribution in [0.4, 0.5) is 0 Å². The van der Waals surface area contributed by atoms with E-state index in [0.29, 0.717) is 6.79 Å². The monoisotopic (exact) mass is 244 g/mol. The van der Waals surface area contributed by atoms with E-state index in [1.54, 1.807) is 7.11 Å². The second kappa shape index (κ2) is 5.25. The molecule has 1 rings (SSSR count). The molecule has 72 valence electrons. The zero-order valence-electron chi connectivity index (χ0n) is 7.84. The molecule has 0 heterocycles. The van der Waals surface area contributed by atoms with Crippen LogP contribution in [-0.4, -0.2) is 13.9 Å². The first-order valence-corrected chi connectivity index (χ1v) is 5.18. The molecular weight excluding hydrogens is 232 g/mol. The van der Waals surface area contributed by atoms with Gasteiger partial charge in [-0.3, -0.25) is 0 Å². The van der Waals surface area contributed by atoms with Gasteiger partial charge in [-0.2, -0.15) is 0 Å². The van der Waals surface area contributed by atoms with E-state index in [0.717, 1.165) is 22.2 Å². The van der Waals surface area contributed by atoms with Crippen LogP contribution in [-0.2, 0) is 10.1 Å². The highest BCUT2D eigenvalue weighted by Gasteiger charge is 2.04. The summed E-state index contributed by atoms with van der Waals surface area (Å²) in [5.41, 5.74) is 2.28. The highest BCUT2D eigenvalue weighted by molar-refractivity contribution is 9.08. The number of halogens is 1. The molecule has 0 saturated carbocycles. The second-order valence-corrected chi connectivity index (χ2v) is 3.31. The van der Waals surface area contributed by atoms with E-state index >= 15 is 0 Å². The predicted molar refractivity (Wildman–Crippen MR) is 56.3 cm³/mol. The molecule has 0 N–H and O–H groups in total. The van der Waals surface area contributed by atoms with Crippen molar-refractivity contribution >= 4 is 15.9 Å². The van der Waals surface area contributed by atoms with Gasteiger partial charge in [-0.25, -0.2) is 0 Å². The minimum atomic E-state index is 0.296. The molecule has 0 atom stereocenters. The molecule has 13 heavy (non-hydrogen) atoms. The fraction of sp³-hybridized carbons (Fsp3) is 0.400. The van der Waals surface area contributed by atoms with Crippen LogP contribution >= 0.6 is 15.9 Å². The average Bonchev–Trinajstić information content (AvgIpc) is 2.15. The molecule has 0 bridgehead atoms. The summed E-state index contributed by atoms with van der Waals surface area (Å²) in [7, 11) is 1.62. The summed E-state index contributed by atoms with van der Waals surface area (Å²) in [4.78, 5) is 0. The summed E-state index contributed by atoms with van der Waals surface area (Å²) >= 11 is 3.41. The van der Waals surface area contributed by atoms with Crippen molar-refractivity contribution < 1.29 is 9.47 Å². The van der Waals surface area contributed by atoms with Crippen LogP contribution in [0, 0.1) is 6.92 Å². The Morgan fingerprint density at radius 2 is 2.15 bits per heavy atom. The van der Waals surface area contributed by atoms with Crippen LogP contribution in [0.3, 0.4) is 0 Å². The first-order chi connectivity index (χ1) is 6.29. The zero-order chi connectivity index (χ0) is 9.68. The lowest BCUT2D eigenvalue weighted by molar-refractivity contribution is 0.0501. The molecule has 1 aromatic rings. The van der Waals surface area contributed by atoms with Crippen molar-refractivity contribution in [3.8, 4) is 5.75 Å². The Labute approximate surface area is 87.0 Å². The maximum absolute atomic E-state index is 5.46. The third-order valence-corrected chi connectivity index (χ3v) is 2.36. The highest BCUT2D eigenvalue weighted by atomic mass is 79.9. The molecular formula is C10H13BrO2. The quantitative estimate of drug-likeness (QED) is 0.599. The highest BCUT2D eigenvalue weighted by Crippen LogP contribution is 2.25. The van der Waals surface area contributed by atoms with Gasteiger partial charge in [0.1, 0.15) is 5.75 Å². The van der Waals surface area contributed by atoms with Gasteiger partial charge in [0.05, 0.1) is 0 Å². The second-order valence-electron chi connectivity index (χ2n) is 2.75. The fourth-order valence-corrected chi connectivity index (χ4v) is 1.58. The van der Waals surface area contributed by atoms with Gasteiger partial charge in [-0.15, -0.1) is 0 Å². The van der Waals surface area contributed by atoms with Crippen LogP contribution < -0.4 is 4.74 Å². The molecule has 0 amide bonds. The third kappa shape index (κ3) is 2.71. The summed E-state index contributed by atoms with van der Waals surface area (Å²) in [6, 6.07) is 6.08. The van der Waals surface area contributed by atoms with Gasteiger partial charge in [-0.1, -0.05) is 34.1 Å². The van der Waals surface area contributed by atoms with Crippen molar-refractivity contribution in [3.05, 3.63) is 29.3 Å². The molecule has 0 unspecified atom stereocenters. The normalized spacial score (nSPS) is 10.1. The number of hydrogen-bond acceptors (Lipinski definition) is 2. The summed E-state index contributed by atoms with van der Waals surface area (Å²) in [5, 5.41) is 0.799. The molecule has 0 aliphatic carbocycles. The maximum atomic E-state index is 5.46. The molecule has 0 aliphatic rings. The number of benzene rings is 1. The van der Waals surface area contributed by atoms with E-state index < -0.39 is 0 Å². The summed E-state index contributed by atoms with van der Waals surface area (Å²) in [5.74, 6) is 0.918. The van der Waals surface area contributed by atoms with Crippen LogP contribution in [0.5, 0.6) is 5.75 Å². The van der Waals surface area contributed by atoms with Crippen molar-refractivity contribution in [1.29, 1.82) is 0 Å². The molecule has 3 heteroatoms. The number of para-hydroxylation sites is 1. The minimum absolute atomic E-state index is 0.296. The van der Waals surface area contributed by atoms with Gasteiger partial charge in [0, 0.05) is 18.0 Å². The van der Waals surface area contributed by atoms with E-state index in [1.807, 2.05) is 25.1 Å². The maximum Gasteiger partial charge on any atom is 0.188 e. The van der Waals surface area contributed by atoms with E-state index in [4.69, 9.17) is 9.47 Å². The van der Waals surface area contributed by atoms with E-state index in [1.165, 1.54) is 0 Å². The largest absolute Gasteiger partial charge is 0.467 e. The predicted octanol–water partition coefficient (Wildman–Crippen LogP) is 2.87.